The predicted molar refractivity (Wildman–Crippen MR) is 97.5 cm³/mol. The van der Waals surface area contributed by atoms with Gasteiger partial charge >= 0.3 is 0 Å². The van der Waals surface area contributed by atoms with Crippen LogP contribution >= 0.6 is 27.3 Å². The molecule has 0 unspecified atom stereocenters. The molecule has 0 saturated carbocycles. The molecule has 0 aliphatic heterocycles. The van der Waals surface area contributed by atoms with Crippen LogP contribution in [0.4, 0.5) is 0 Å². The third-order valence-electron chi connectivity index (χ3n) is 3.45. The van der Waals surface area contributed by atoms with Crippen molar-refractivity contribution in [1.29, 1.82) is 0 Å². The number of thiazole rings is 1. The number of aromatic nitrogens is 1. The molecule has 0 fully saturated rings. The molecule has 2 aromatic rings. The summed E-state index contributed by atoms with van der Waals surface area (Å²) in [6.07, 6.45) is 0. The summed E-state index contributed by atoms with van der Waals surface area (Å²) >= 11 is 5.21. The van der Waals surface area contributed by atoms with Gasteiger partial charge in [-0.05, 0) is 44.0 Å². The van der Waals surface area contributed by atoms with Crippen molar-refractivity contribution in [2.24, 2.45) is 4.99 Å². The molecule has 118 valence electrons. The van der Waals surface area contributed by atoms with Gasteiger partial charge in [-0.25, -0.2) is 4.98 Å². The number of benzene rings is 1. The summed E-state index contributed by atoms with van der Waals surface area (Å²) in [5.41, 5.74) is 3.62. The van der Waals surface area contributed by atoms with Gasteiger partial charge in [0.15, 0.2) is 5.96 Å². The summed E-state index contributed by atoms with van der Waals surface area (Å²) in [7, 11) is 1.78. The molecule has 6 heteroatoms. The SMILES string of the molecule is CN=C(NCc1nc(C)c(C)s1)NCc1ccc(Br)cc1C. The minimum atomic E-state index is 0.693. The fraction of sp³-hybridized carbons (Fsp3) is 0.375. The molecule has 4 nitrogen and oxygen atoms in total. The van der Waals surface area contributed by atoms with Crippen LogP contribution in [-0.4, -0.2) is 18.0 Å². The second-order valence-electron chi connectivity index (χ2n) is 5.10. The number of nitrogens with zero attached hydrogens (tertiary/aromatic N) is 2. The van der Waals surface area contributed by atoms with Crippen molar-refractivity contribution in [2.75, 3.05) is 7.05 Å². The van der Waals surface area contributed by atoms with Gasteiger partial charge in [0.1, 0.15) is 5.01 Å². The second kappa shape index (κ2) is 7.74. The van der Waals surface area contributed by atoms with Gasteiger partial charge in [-0.1, -0.05) is 22.0 Å². The van der Waals surface area contributed by atoms with E-state index in [1.54, 1.807) is 18.4 Å². The number of hydrogen-bond acceptors (Lipinski definition) is 3. The first-order valence-corrected chi connectivity index (χ1v) is 8.73. The Morgan fingerprint density at radius 3 is 2.55 bits per heavy atom. The Labute approximate surface area is 144 Å². The van der Waals surface area contributed by atoms with E-state index >= 15 is 0 Å². The average Bonchev–Trinajstić information content (AvgIpc) is 2.79. The van der Waals surface area contributed by atoms with E-state index in [-0.39, 0.29) is 0 Å². The summed E-state index contributed by atoms with van der Waals surface area (Å²) in [6, 6.07) is 6.29. The molecular weight excluding hydrogens is 360 g/mol. The van der Waals surface area contributed by atoms with E-state index in [0.717, 1.165) is 27.7 Å². The van der Waals surface area contributed by atoms with E-state index in [2.05, 4.69) is 68.6 Å². The van der Waals surface area contributed by atoms with Crippen LogP contribution in [0.2, 0.25) is 0 Å². The average molecular weight is 381 g/mol. The van der Waals surface area contributed by atoms with E-state index < -0.39 is 0 Å². The highest BCUT2D eigenvalue weighted by atomic mass is 79.9. The van der Waals surface area contributed by atoms with Crippen LogP contribution in [-0.2, 0) is 13.1 Å². The van der Waals surface area contributed by atoms with E-state index in [0.29, 0.717) is 6.54 Å². The standard InChI is InChI=1S/C16H21BrN4S/c1-10-7-14(17)6-5-13(10)8-19-16(18-4)20-9-15-21-11(2)12(3)22-15/h5-7H,8-9H2,1-4H3,(H2,18,19,20). The van der Waals surface area contributed by atoms with E-state index in [9.17, 15) is 0 Å². The largest absolute Gasteiger partial charge is 0.352 e. The molecule has 1 heterocycles. The van der Waals surface area contributed by atoms with Crippen molar-refractivity contribution in [2.45, 2.75) is 33.9 Å². The molecule has 0 spiro atoms. The number of halogens is 1. The summed E-state index contributed by atoms with van der Waals surface area (Å²) in [5, 5.41) is 7.72. The molecule has 0 bridgehead atoms. The Hall–Kier alpha value is -1.40. The molecule has 0 radical (unpaired) electrons. The number of aliphatic imine (C=N–C) groups is 1. The van der Waals surface area contributed by atoms with Gasteiger partial charge in [-0.15, -0.1) is 11.3 Å². The fourth-order valence-electron chi connectivity index (χ4n) is 2.03. The second-order valence-corrected chi connectivity index (χ2v) is 7.30. The summed E-state index contributed by atoms with van der Waals surface area (Å²) in [5.74, 6) is 0.785. The van der Waals surface area contributed by atoms with E-state index in [4.69, 9.17) is 0 Å². The third kappa shape index (κ3) is 4.55. The molecule has 0 aliphatic rings. The van der Waals surface area contributed by atoms with Crippen LogP contribution in [0, 0.1) is 20.8 Å². The van der Waals surface area contributed by atoms with Crippen LogP contribution in [0.5, 0.6) is 0 Å². The lowest BCUT2D eigenvalue weighted by Gasteiger charge is -2.12. The zero-order valence-corrected chi connectivity index (χ0v) is 15.7. The molecule has 1 aromatic carbocycles. The Morgan fingerprint density at radius 1 is 1.23 bits per heavy atom. The lowest BCUT2D eigenvalue weighted by Crippen LogP contribution is -2.36. The fourth-order valence-corrected chi connectivity index (χ4v) is 3.38. The van der Waals surface area contributed by atoms with Gasteiger partial charge in [0.25, 0.3) is 0 Å². The van der Waals surface area contributed by atoms with E-state index in [1.807, 2.05) is 6.92 Å². The van der Waals surface area contributed by atoms with Gasteiger partial charge in [-0.2, -0.15) is 0 Å². The summed E-state index contributed by atoms with van der Waals surface area (Å²) in [4.78, 5) is 10.1. The van der Waals surface area contributed by atoms with Crippen LogP contribution in [0.3, 0.4) is 0 Å². The van der Waals surface area contributed by atoms with Crippen LogP contribution in [0.1, 0.15) is 26.7 Å². The highest BCUT2D eigenvalue weighted by Crippen LogP contribution is 2.16. The topological polar surface area (TPSA) is 49.3 Å². The van der Waals surface area contributed by atoms with Gasteiger partial charge in [0.2, 0.25) is 0 Å². The lowest BCUT2D eigenvalue weighted by molar-refractivity contribution is 0.801. The quantitative estimate of drug-likeness (QED) is 0.627. The van der Waals surface area contributed by atoms with Crippen molar-refractivity contribution in [3.63, 3.8) is 0 Å². The molecule has 0 amide bonds. The van der Waals surface area contributed by atoms with Gasteiger partial charge in [0.05, 0.1) is 12.2 Å². The smallest absolute Gasteiger partial charge is 0.191 e. The maximum Gasteiger partial charge on any atom is 0.191 e. The van der Waals surface area contributed by atoms with Crippen molar-refractivity contribution in [1.82, 2.24) is 15.6 Å². The zero-order chi connectivity index (χ0) is 16.1. The zero-order valence-electron chi connectivity index (χ0n) is 13.3. The Bertz CT molecular complexity index is 659. The predicted octanol–water partition coefficient (Wildman–Crippen LogP) is 3.70. The highest BCUT2D eigenvalue weighted by Gasteiger charge is 2.05. The van der Waals surface area contributed by atoms with Crippen molar-refractivity contribution in [3.05, 3.63) is 49.4 Å². The number of aryl methyl sites for hydroxylation is 3. The van der Waals surface area contributed by atoms with Gasteiger partial charge < -0.3 is 10.6 Å². The molecule has 2 rings (SSSR count). The summed E-state index contributed by atoms with van der Waals surface area (Å²) < 4.78 is 1.10. The molecular formula is C16H21BrN4S. The molecule has 1 aromatic heterocycles. The maximum atomic E-state index is 4.53. The van der Waals surface area contributed by atoms with Gasteiger partial charge in [-0.3, -0.25) is 4.99 Å². The normalized spacial score (nSPS) is 11.6. The van der Waals surface area contributed by atoms with Crippen molar-refractivity contribution < 1.29 is 0 Å². The molecule has 0 atom stereocenters. The number of guanidine groups is 1. The first-order valence-electron chi connectivity index (χ1n) is 7.12. The molecule has 22 heavy (non-hydrogen) atoms. The number of rotatable bonds is 4. The third-order valence-corrected chi connectivity index (χ3v) is 5.02. The van der Waals surface area contributed by atoms with Crippen molar-refractivity contribution in [3.8, 4) is 0 Å². The molecule has 0 aliphatic carbocycles. The molecule has 0 saturated heterocycles. The van der Waals surface area contributed by atoms with Crippen LogP contribution in [0.15, 0.2) is 27.7 Å². The number of nitrogens with one attached hydrogen (secondary N) is 2. The van der Waals surface area contributed by atoms with Gasteiger partial charge in [0, 0.05) is 22.9 Å². The monoisotopic (exact) mass is 380 g/mol. The Balaban J connectivity index is 1.90. The minimum absolute atomic E-state index is 0.693. The maximum absolute atomic E-state index is 4.53. The van der Waals surface area contributed by atoms with Crippen molar-refractivity contribution >= 4 is 33.2 Å². The van der Waals surface area contributed by atoms with Crippen LogP contribution in [0.25, 0.3) is 0 Å². The van der Waals surface area contributed by atoms with Crippen LogP contribution < -0.4 is 10.6 Å². The minimum Gasteiger partial charge on any atom is -0.352 e. The first kappa shape index (κ1) is 17.0. The number of hydrogen-bond donors (Lipinski definition) is 2. The summed E-state index contributed by atoms with van der Waals surface area (Å²) in [6.45, 7) is 7.69. The first-order chi connectivity index (χ1) is 10.5. The lowest BCUT2D eigenvalue weighted by atomic mass is 10.1. The Kier molecular flexibility index (Phi) is 5.97. The molecule has 2 N–H and O–H groups in total. The highest BCUT2D eigenvalue weighted by molar-refractivity contribution is 9.10. The Morgan fingerprint density at radius 2 is 1.95 bits per heavy atom. The van der Waals surface area contributed by atoms with E-state index in [1.165, 1.54) is 16.0 Å².